The highest BCUT2D eigenvalue weighted by molar-refractivity contribution is 8.13. The molecule has 1 atom stereocenters. The van der Waals surface area contributed by atoms with Crippen molar-refractivity contribution in [2.45, 2.75) is 24.7 Å². The largest absolute Gasteiger partial charge is 0.381 e. The molecule has 5 nitrogen and oxygen atoms in total. The normalized spacial score (nSPS) is 18.7. The van der Waals surface area contributed by atoms with Crippen molar-refractivity contribution in [3.63, 3.8) is 0 Å². The molecule has 0 bridgehead atoms. The minimum absolute atomic E-state index is 0.00326. The Bertz CT molecular complexity index is 624. The highest BCUT2D eigenvalue weighted by Gasteiger charge is 2.19. The summed E-state index contributed by atoms with van der Waals surface area (Å²) in [6, 6.07) is 4.58. The van der Waals surface area contributed by atoms with Crippen LogP contribution in [0.3, 0.4) is 0 Å². The minimum atomic E-state index is -3.86. The van der Waals surface area contributed by atoms with Gasteiger partial charge in [-0.3, -0.25) is 4.79 Å². The van der Waals surface area contributed by atoms with Crippen LogP contribution in [0.2, 0.25) is 0 Å². The summed E-state index contributed by atoms with van der Waals surface area (Å²) in [5, 5.41) is 2.80. The summed E-state index contributed by atoms with van der Waals surface area (Å²) in [6.45, 7) is 3.73. The minimum Gasteiger partial charge on any atom is -0.381 e. The standard InChI is InChI=1S/C14H18ClNO4S/c1-2-11-3-4-12(7-13(11)21(15,18)19)14(17)16-8-10-5-6-20-9-10/h3-4,7,10H,2,5-6,8-9H2,1H3,(H,16,17). The van der Waals surface area contributed by atoms with Gasteiger partial charge in [0.25, 0.3) is 15.0 Å². The Morgan fingerprint density at radius 3 is 2.81 bits per heavy atom. The lowest BCUT2D eigenvalue weighted by Crippen LogP contribution is -2.29. The van der Waals surface area contributed by atoms with Crippen molar-refractivity contribution >= 4 is 25.6 Å². The van der Waals surface area contributed by atoms with Crippen molar-refractivity contribution < 1.29 is 17.9 Å². The molecule has 7 heteroatoms. The number of hydrogen-bond acceptors (Lipinski definition) is 4. The number of amides is 1. The zero-order valence-electron chi connectivity index (χ0n) is 11.8. The summed E-state index contributed by atoms with van der Waals surface area (Å²) in [5.74, 6) is 0.0196. The van der Waals surface area contributed by atoms with E-state index in [0.29, 0.717) is 36.6 Å². The molecule has 116 valence electrons. The highest BCUT2D eigenvalue weighted by Crippen LogP contribution is 2.22. The van der Waals surface area contributed by atoms with E-state index in [9.17, 15) is 13.2 Å². The van der Waals surface area contributed by atoms with Crippen LogP contribution in [0.15, 0.2) is 23.1 Å². The predicted octanol–water partition coefficient (Wildman–Crippen LogP) is 1.94. The van der Waals surface area contributed by atoms with Crippen molar-refractivity contribution in [1.82, 2.24) is 5.32 Å². The lowest BCUT2D eigenvalue weighted by atomic mass is 10.1. The van der Waals surface area contributed by atoms with Crippen LogP contribution in [0.25, 0.3) is 0 Å². The molecule has 1 amide bonds. The molecule has 0 saturated carbocycles. The number of rotatable bonds is 5. The van der Waals surface area contributed by atoms with E-state index >= 15 is 0 Å². The molecule has 0 aliphatic carbocycles. The Balaban J connectivity index is 2.13. The van der Waals surface area contributed by atoms with Gasteiger partial charge in [-0.1, -0.05) is 13.0 Å². The third kappa shape index (κ3) is 4.18. The Morgan fingerprint density at radius 2 is 2.24 bits per heavy atom. The quantitative estimate of drug-likeness (QED) is 0.837. The van der Waals surface area contributed by atoms with Gasteiger partial charge in [-0.25, -0.2) is 8.42 Å². The van der Waals surface area contributed by atoms with Crippen LogP contribution in [-0.2, 0) is 20.2 Å². The second kappa shape index (κ2) is 6.77. The van der Waals surface area contributed by atoms with Gasteiger partial charge in [0.2, 0.25) is 0 Å². The van der Waals surface area contributed by atoms with Crippen LogP contribution in [0.5, 0.6) is 0 Å². The molecule has 1 unspecified atom stereocenters. The molecule has 0 radical (unpaired) electrons. The Morgan fingerprint density at radius 1 is 1.48 bits per heavy atom. The van der Waals surface area contributed by atoms with E-state index in [1.807, 2.05) is 6.92 Å². The zero-order chi connectivity index (χ0) is 15.5. The van der Waals surface area contributed by atoms with E-state index in [0.717, 1.165) is 13.0 Å². The van der Waals surface area contributed by atoms with Crippen molar-refractivity contribution in [2.75, 3.05) is 19.8 Å². The molecule has 1 aliphatic heterocycles. The molecular formula is C14H18ClNO4S. The van der Waals surface area contributed by atoms with Crippen LogP contribution in [0.4, 0.5) is 0 Å². The number of benzene rings is 1. The van der Waals surface area contributed by atoms with Crippen molar-refractivity contribution in [1.29, 1.82) is 0 Å². The first-order valence-electron chi connectivity index (χ1n) is 6.85. The van der Waals surface area contributed by atoms with Crippen molar-refractivity contribution in [2.24, 2.45) is 5.92 Å². The van der Waals surface area contributed by atoms with Gasteiger partial charge in [0, 0.05) is 35.3 Å². The van der Waals surface area contributed by atoms with E-state index < -0.39 is 9.05 Å². The summed E-state index contributed by atoms with van der Waals surface area (Å²) in [7, 11) is 1.56. The summed E-state index contributed by atoms with van der Waals surface area (Å²) in [5.41, 5.74) is 0.899. The van der Waals surface area contributed by atoms with Crippen molar-refractivity contribution in [3.8, 4) is 0 Å². The van der Waals surface area contributed by atoms with Crippen LogP contribution < -0.4 is 5.32 Å². The van der Waals surface area contributed by atoms with Crippen LogP contribution in [-0.4, -0.2) is 34.1 Å². The number of ether oxygens (including phenoxy) is 1. The van der Waals surface area contributed by atoms with E-state index in [2.05, 4.69) is 5.32 Å². The van der Waals surface area contributed by atoms with Crippen LogP contribution in [0.1, 0.15) is 29.3 Å². The molecule has 2 rings (SSSR count). The summed E-state index contributed by atoms with van der Waals surface area (Å²) >= 11 is 0. The molecule has 1 N–H and O–H groups in total. The molecular weight excluding hydrogens is 314 g/mol. The lowest BCUT2D eigenvalue weighted by Gasteiger charge is -2.11. The number of carbonyl (C=O) groups is 1. The SMILES string of the molecule is CCc1ccc(C(=O)NCC2CCOC2)cc1S(=O)(=O)Cl. The van der Waals surface area contributed by atoms with Gasteiger partial charge in [0.1, 0.15) is 0 Å². The summed E-state index contributed by atoms with van der Waals surface area (Å²) in [6.07, 6.45) is 1.46. The molecule has 1 aliphatic rings. The maximum Gasteiger partial charge on any atom is 0.261 e. The first-order valence-corrected chi connectivity index (χ1v) is 9.16. The zero-order valence-corrected chi connectivity index (χ0v) is 13.3. The smallest absolute Gasteiger partial charge is 0.261 e. The second-order valence-electron chi connectivity index (χ2n) is 5.05. The fourth-order valence-corrected chi connectivity index (χ4v) is 3.52. The van der Waals surface area contributed by atoms with E-state index in [4.69, 9.17) is 15.4 Å². The van der Waals surface area contributed by atoms with Crippen LogP contribution in [0, 0.1) is 5.92 Å². The number of carbonyl (C=O) groups excluding carboxylic acids is 1. The molecule has 1 fully saturated rings. The van der Waals surface area contributed by atoms with Gasteiger partial charge in [-0.2, -0.15) is 0 Å². The Labute approximate surface area is 129 Å². The van der Waals surface area contributed by atoms with Gasteiger partial charge in [0.15, 0.2) is 0 Å². The highest BCUT2D eigenvalue weighted by atomic mass is 35.7. The molecule has 1 heterocycles. The van der Waals surface area contributed by atoms with Gasteiger partial charge in [0.05, 0.1) is 11.5 Å². The number of aryl methyl sites for hydroxylation is 1. The maximum absolute atomic E-state index is 12.1. The number of nitrogens with one attached hydrogen (secondary N) is 1. The van der Waals surface area contributed by atoms with Gasteiger partial charge in [-0.15, -0.1) is 0 Å². The third-order valence-electron chi connectivity index (χ3n) is 3.55. The molecule has 1 saturated heterocycles. The van der Waals surface area contributed by atoms with E-state index in [1.54, 1.807) is 12.1 Å². The number of halogens is 1. The van der Waals surface area contributed by atoms with Gasteiger partial charge < -0.3 is 10.1 Å². The van der Waals surface area contributed by atoms with Crippen LogP contribution >= 0.6 is 10.7 Å². The average Bonchev–Trinajstić information content (AvgIpc) is 2.96. The molecule has 0 aromatic heterocycles. The Kier molecular flexibility index (Phi) is 5.24. The first-order chi connectivity index (χ1) is 9.91. The fourth-order valence-electron chi connectivity index (χ4n) is 2.30. The lowest BCUT2D eigenvalue weighted by molar-refractivity contribution is 0.0944. The predicted molar refractivity (Wildman–Crippen MR) is 80.1 cm³/mol. The number of hydrogen-bond donors (Lipinski definition) is 1. The van der Waals surface area contributed by atoms with E-state index in [1.165, 1.54) is 6.07 Å². The maximum atomic E-state index is 12.1. The monoisotopic (exact) mass is 331 g/mol. The molecule has 1 aromatic carbocycles. The van der Waals surface area contributed by atoms with E-state index in [-0.39, 0.29) is 10.8 Å². The molecule has 21 heavy (non-hydrogen) atoms. The average molecular weight is 332 g/mol. The topological polar surface area (TPSA) is 72.5 Å². The third-order valence-corrected chi connectivity index (χ3v) is 4.95. The van der Waals surface area contributed by atoms with Crippen molar-refractivity contribution in [3.05, 3.63) is 29.3 Å². The summed E-state index contributed by atoms with van der Waals surface area (Å²) in [4.78, 5) is 12.1. The summed E-state index contributed by atoms with van der Waals surface area (Å²) < 4.78 is 28.4. The molecule has 1 aromatic rings. The second-order valence-corrected chi connectivity index (χ2v) is 7.59. The van der Waals surface area contributed by atoms with Gasteiger partial charge >= 0.3 is 0 Å². The van der Waals surface area contributed by atoms with Gasteiger partial charge in [-0.05, 0) is 30.5 Å². The fraction of sp³-hybridized carbons (Fsp3) is 0.500. The Hall–Kier alpha value is -1.11. The molecule has 0 spiro atoms. The first kappa shape index (κ1) is 16.3.